The van der Waals surface area contributed by atoms with Gasteiger partial charge in [0.15, 0.2) is 0 Å². The van der Waals surface area contributed by atoms with E-state index in [-0.39, 0.29) is 0 Å². The molecule has 3 heteroatoms. The van der Waals surface area contributed by atoms with E-state index in [4.69, 9.17) is 4.74 Å². The van der Waals surface area contributed by atoms with Crippen LogP contribution >= 0.6 is 0 Å². The van der Waals surface area contributed by atoms with E-state index in [0.29, 0.717) is 11.9 Å². The van der Waals surface area contributed by atoms with Crippen LogP contribution in [0.1, 0.15) is 31.7 Å². The van der Waals surface area contributed by atoms with Crippen molar-refractivity contribution in [1.82, 2.24) is 10.3 Å². The van der Waals surface area contributed by atoms with Gasteiger partial charge in [-0.3, -0.25) is 0 Å². The topological polar surface area (TPSA) is 34.1 Å². The lowest BCUT2D eigenvalue weighted by atomic mass is 10.1. The second-order valence-corrected chi connectivity index (χ2v) is 4.44. The highest BCUT2D eigenvalue weighted by Gasteiger charge is 2.29. The summed E-state index contributed by atoms with van der Waals surface area (Å²) in [6.45, 7) is 3.16. The third kappa shape index (κ3) is 2.95. The molecular weight excluding hydrogens is 200 g/mol. The number of hydrogen-bond donors (Lipinski definition) is 1. The van der Waals surface area contributed by atoms with Gasteiger partial charge in [0.2, 0.25) is 5.88 Å². The minimum absolute atomic E-state index is 0.679. The van der Waals surface area contributed by atoms with E-state index in [1.165, 1.54) is 24.8 Å². The molecule has 2 rings (SSSR count). The Morgan fingerprint density at radius 2 is 2.31 bits per heavy atom. The lowest BCUT2D eigenvalue weighted by Crippen LogP contribution is -2.29. The van der Waals surface area contributed by atoms with Gasteiger partial charge in [0.05, 0.1) is 7.11 Å². The molecule has 0 saturated heterocycles. The fourth-order valence-corrected chi connectivity index (χ4v) is 2.03. The third-order valence-corrected chi connectivity index (χ3v) is 3.21. The summed E-state index contributed by atoms with van der Waals surface area (Å²) in [4.78, 5) is 4.20. The molecule has 16 heavy (non-hydrogen) atoms. The molecule has 1 aliphatic rings. The van der Waals surface area contributed by atoms with Crippen LogP contribution in [0.2, 0.25) is 0 Å². The molecule has 0 bridgehead atoms. The Balaban J connectivity index is 1.83. The first-order valence-electron chi connectivity index (χ1n) is 6.05. The Bertz CT molecular complexity index is 319. The Hall–Kier alpha value is -1.09. The number of hydrogen-bond acceptors (Lipinski definition) is 3. The van der Waals surface area contributed by atoms with E-state index < -0.39 is 0 Å². The molecule has 1 saturated carbocycles. The molecule has 0 amide bonds. The zero-order valence-electron chi connectivity index (χ0n) is 10.1. The first kappa shape index (κ1) is 11.4. The lowest BCUT2D eigenvalue weighted by Gasteiger charge is -2.15. The molecular formula is C13H20N2O. The Morgan fingerprint density at radius 1 is 1.50 bits per heavy atom. The van der Waals surface area contributed by atoms with Crippen molar-refractivity contribution < 1.29 is 4.74 Å². The molecule has 0 radical (unpaired) electrons. The van der Waals surface area contributed by atoms with Crippen LogP contribution in [0.15, 0.2) is 18.3 Å². The number of methoxy groups -OCH3 is 1. The fourth-order valence-electron chi connectivity index (χ4n) is 2.03. The molecule has 1 unspecified atom stereocenters. The molecule has 1 N–H and O–H groups in total. The minimum Gasteiger partial charge on any atom is -0.481 e. The molecule has 3 nitrogen and oxygen atoms in total. The van der Waals surface area contributed by atoms with Gasteiger partial charge in [0.1, 0.15) is 0 Å². The molecule has 1 aromatic rings. The van der Waals surface area contributed by atoms with E-state index >= 15 is 0 Å². The average Bonchev–Trinajstić information content (AvgIpc) is 3.15. The summed E-state index contributed by atoms with van der Waals surface area (Å²) < 4.78 is 5.03. The second kappa shape index (κ2) is 5.30. The van der Waals surface area contributed by atoms with E-state index in [2.05, 4.69) is 23.3 Å². The molecule has 0 spiro atoms. The van der Waals surface area contributed by atoms with Crippen molar-refractivity contribution in [1.29, 1.82) is 0 Å². The highest BCUT2D eigenvalue weighted by molar-refractivity contribution is 5.17. The molecule has 0 aromatic carbocycles. The summed E-state index contributed by atoms with van der Waals surface area (Å²) in [6.07, 6.45) is 5.89. The maximum atomic E-state index is 5.03. The first-order chi connectivity index (χ1) is 7.83. The Morgan fingerprint density at radius 3 is 2.81 bits per heavy atom. The number of pyridine rings is 1. The summed E-state index contributed by atoms with van der Waals surface area (Å²) >= 11 is 0. The van der Waals surface area contributed by atoms with Gasteiger partial charge < -0.3 is 10.1 Å². The number of ether oxygens (including phenoxy) is 1. The van der Waals surface area contributed by atoms with Crippen molar-refractivity contribution in [2.45, 2.75) is 38.8 Å². The van der Waals surface area contributed by atoms with Crippen molar-refractivity contribution in [3.63, 3.8) is 0 Å². The van der Waals surface area contributed by atoms with Crippen LogP contribution in [0, 0.1) is 5.92 Å². The standard InChI is InChI=1S/C13H20N2O/c1-3-12(11-5-6-11)14-8-10-4-7-13(16-2)15-9-10/h4,7,9,11-12,14H,3,5-6,8H2,1-2H3. The maximum Gasteiger partial charge on any atom is 0.212 e. The van der Waals surface area contributed by atoms with Crippen LogP contribution in [0.3, 0.4) is 0 Å². The average molecular weight is 220 g/mol. The summed E-state index contributed by atoms with van der Waals surface area (Å²) in [7, 11) is 1.64. The van der Waals surface area contributed by atoms with Gasteiger partial charge in [-0.15, -0.1) is 0 Å². The molecule has 1 heterocycles. The van der Waals surface area contributed by atoms with Crippen LogP contribution in [0.25, 0.3) is 0 Å². The van der Waals surface area contributed by atoms with Gasteiger partial charge in [0, 0.05) is 24.8 Å². The molecule has 1 atom stereocenters. The van der Waals surface area contributed by atoms with E-state index in [0.717, 1.165) is 12.5 Å². The molecule has 1 fully saturated rings. The van der Waals surface area contributed by atoms with Gasteiger partial charge in [-0.05, 0) is 30.7 Å². The van der Waals surface area contributed by atoms with Crippen molar-refractivity contribution in [2.24, 2.45) is 5.92 Å². The zero-order valence-corrected chi connectivity index (χ0v) is 10.1. The normalized spacial score (nSPS) is 17.1. The highest BCUT2D eigenvalue weighted by atomic mass is 16.5. The molecule has 1 aromatic heterocycles. The van der Waals surface area contributed by atoms with Gasteiger partial charge in [0.25, 0.3) is 0 Å². The number of nitrogens with one attached hydrogen (secondary N) is 1. The minimum atomic E-state index is 0.679. The van der Waals surface area contributed by atoms with Crippen LogP contribution < -0.4 is 10.1 Å². The van der Waals surface area contributed by atoms with Crippen LogP contribution in [-0.4, -0.2) is 18.1 Å². The Labute approximate surface area is 97.2 Å². The van der Waals surface area contributed by atoms with Crippen molar-refractivity contribution >= 4 is 0 Å². The van der Waals surface area contributed by atoms with E-state index in [9.17, 15) is 0 Å². The molecule has 1 aliphatic carbocycles. The summed E-state index contributed by atoms with van der Waals surface area (Å²) in [5, 5.41) is 3.60. The monoisotopic (exact) mass is 220 g/mol. The summed E-state index contributed by atoms with van der Waals surface area (Å²) in [6, 6.07) is 4.66. The SMILES string of the molecule is CCC(NCc1ccc(OC)nc1)C1CC1. The van der Waals surface area contributed by atoms with E-state index in [1.54, 1.807) is 7.11 Å². The lowest BCUT2D eigenvalue weighted by molar-refractivity contribution is 0.397. The summed E-state index contributed by atoms with van der Waals surface area (Å²) in [5.41, 5.74) is 1.22. The number of rotatable bonds is 6. The van der Waals surface area contributed by atoms with Crippen LogP contribution in [0.5, 0.6) is 5.88 Å². The predicted octanol–water partition coefficient (Wildman–Crippen LogP) is 2.37. The quantitative estimate of drug-likeness (QED) is 0.799. The summed E-state index contributed by atoms with van der Waals surface area (Å²) in [5.74, 6) is 1.59. The number of aromatic nitrogens is 1. The van der Waals surface area contributed by atoms with Crippen LogP contribution in [0.4, 0.5) is 0 Å². The van der Waals surface area contributed by atoms with E-state index in [1.807, 2.05) is 12.3 Å². The highest BCUT2D eigenvalue weighted by Crippen LogP contribution is 2.33. The van der Waals surface area contributed by atoms with Gasteiger partial charge >= 0.3 is 0 Å². The number of nitrogens with zero attached hydrogens (tertiary/aromatic N) is 1. The maximum absolute atomic E-state index is 5.03. The largest absolute Gasteiger partial charge is 0.481 e. The van der Waals surface area contributed by atoms with Crippen molar-refractivity contribution in [3.05, 3.63) is 23.9 Å². The van der Waals surface area contributed by atoms with Gasteiger partial charge in [-0.2, -0.15) is 0 Å². The van der Waals surface area contributed by atoms with Crippen LogP contribution in [-0.2, 0) is 6.54 Å². The molecule has 0 aliphatic heterocycles. The smallest absolute Gasteiger partial charge is 0.212 e. The predicted molar refractivity (Wildman–Crippen MR) is 64.4 cm³/mol. The fraction of sp³-hybridized carbons (Fsp3) is 0.615. The van der Waals surface area contributed by atoms with Gasteiger partial charge in [-0.25, -0.2) is 4.98 Å². The third-order valence-electron chi connectivity index (χ3n) is 3.21. The zero-order chi connectivity index (χ0) is 11.4. The van der Waals surface area contributed by atoms with Gasteiger partial charge in [-0.1, -0.05) is 13.0 Å². The van der Waals surface area contributed by atoms with Crippen molar-refractivity contribution in [3.8, 4) is 5.88 Å². The Kier molecular flexibility index (Phi) is 3.78. The second-order valence-electron chi connectivity index (χ2n) is 4.44. The molecule has 88 valence electrons. The first-order valence-corrected chi connectivity index (χ1v) is 6.05. The van der Waals surface area contributed by atoms with Crippen molar-refractivity contribution in [2.75, 3.05) is 7.11 Å².